The molecule has 0 aliphatic carbocycles. The van der Waals surface area contributed by atoms with Crippen LogP contribution in [0.3, 0.4) is 0 Å². The van der Waals surface area contributed by atoms with E-state index in [1.165, 1.54) is 0 Å². The Balaban J connectivity index is 2.08. The van der Waals surface area contributed by atoms with Crippen LogP contribution in [-0.4, -0.2) is 35.9 Å². The molecule has 0 fully saturated rings. The second kappa shape index (κ2) is 5.84. The van der Waals surface area contributed by atoms with Gasteiger partial charge in [-0.3, -0.25) is 4.79 Å². The van der Waals surface area contributed by atoms with Crippen LogP contribution in [0.15, 0.2) is 36.5 Å². The minimum absolute atomic E-state index is 0.0384. The zero-order valence-corrected chi connectivity index (χ0v) is 12.1. The van der Waals surface area contributed by atoms with Crippen molar-refractivity contribution in [2.75, 3.05) is 19.4 Å². The SMILES string of the molecule is C[C@H](Nc1ncc(-c2ccccc2)s1)C(=O)N(C)C. The van der Waals surface area contributed by atoms with E-state index in [1.54, 1.807) is 30.3 Å². The number of nitrogens with one attached hydrogen (secondary N) is 1. The van der Waals surface area contributed by atoms with Crippen molar-refractivity contribution in [3.05, 3.63) is 36.5 Å². The maximum Gasteiger partial charge on any atom is 0.244 e. The van der Waals surface area contributed by atoms with E-state index in [0.29, 0.717) is 0 Å². The predicted molar refractivity (Wildman–Crippen MR) is 79.3 cm³/mol. The van der Waals surface area contributed by atoms with Gasteiger partial charge in [-0.05, 0) is 12.5 Å². The molecule has 2 rings (SSSR count). The number of hydrogen-bond acceptors (Lipinski definition) is 4. The largest absolute Gasteiger partial charge is 0.350 e. The summed E-state index contributed by atoms with van der Waals surface area (Å²) in [6.07, 6.45) is 1.83. The summed E-state index contributed by atoms with van der Waals surface area (Å²) in [4.78, 5) is 18.7. The van der Waals surface area contributed by atoms with Crippen molar-refractivity contribution in [1.29, 1.82) is 0 Å². The average Bonchev–Trinajstić information content (AvgIpc) is 2.87. The Morgan fingerprint density at radius 3 is 2.63 bits per heavy atom. The molecule has 4 nitrogen and oxygen atoms in total. The van der Waals surface area contributed by atoms with Gasteiger partial charge in [-0.15, -0.1) is 0 Å². The number of carbonyl (C=O) groups is 1. The van der Waals surface area contributed by atoms with Gasteiger partial charge in [-0.25, -0.2) is 4.98 Å². The highest BCUT2D eigenvalue weighted by atomic mass is 32.1. The van der Waals surface area contributed by atoms with Crippen LogP contribution in [0.5, 0.6) is 0 Å². The van der Waals surface area contributed by atoms with Gasteiger partial charge in [0, 0.05) is 20.3 Å². The van der Waals surface area contributed by atoms with Crippen LogP contribution in [0, 0.1) is 0 Å². The fourth-order valence-corrected chi connectivity index (χ4v) is 2.62. The van der Waals surface area contributed by atoms with E-state index < -0.39 is 0 Å². The van der Waals surface area contributed by atoms with Crippen molar-refractivity contribution in [2.24, 2.45) is 0 Å². The molecule has 0 aliphatic rings. The molecule has 100 valence electrons. The monoisotopic (exact) mass is 275 g/mol. The maximum atomic E-state index is 11.8. The first-order valence-electron chi connectivity index (χ1n) is 6.07. The molecule has 1 atom stereocenters. The van der Waals surface area contributed by atoms with E-state index in [2.05, 4.69) is 10.3 Å². The third kappa shape index (κ3) is 3.32. The van der Waals surface area contributed by atoms with Gasteiger partial charge in [0.15, 0.2) is 5.13 Å². The minimum Gasteiger partial charge on any atom is -0.350 e. The molecular weight excluding hydrogens is 258 g/mol. The molecule has 1 heterocycles. The fraction of sp³-hybridized carbons (Fsp3) is 0.286. The predicted octanol–water partition coefficient (Wildman–Crippen LogP) is 2.70. The number of thiazole rings is 1. The molecule has 0 saturated heterocycles. The summed E-state index contributed by atoms with van der Waals surface area (Å²) < 4.78 is 0. The summed E-state index contributed by atoms with van der Waals surface area (Å²) in [5.74, 6) is 0.0384. The second-order valence-electron chi connectivity index (χ2n) is 4.49. The Bertz CT molecular complexity index is 551. The van der Waals surface area contributed by atoms with E-state index >= 15 is 0 Å². The standard InChI is InChI=1S/C14H17N3OS/c1-10(13(18)17(2)3)16-14-15-9-12(19-14)11-7-5-4-6-8-11/h4-10H,1-3H3,(H,15,16)/t10-/m0/s1. The van der Waals surface area contributed by atoms with Gasteiger partial charge < -0.3 is 10.2 Å². The van der Waals surface area contributed by atoms with E-state index in [9.17, 15) is 4.79 Å². The lowest BCUT2D eigenvalue weighted by atomic mass is 10.2. The Morgan fingerprint density at radius 1 is 1.32 bits per heavy atom. The number of amides is 1. The number of carbonyl (C=O) groups excluding carboxylic acids is 1. The summed E-state index contributed by atoms with van der Waals surface area (Å²) in [5.41, 5.74) is 1.14. The molecule has 0 aliphatic heterocycles. The summed E-state index contributed by atoms with van der Waals surface area (Å²) >= 11 is 1.55. The fourth-order valence-electron chi connectivity index (χ4n) is 1.71. The van der Waals surface area contributed by atoms with Crippen molar-refractivity contribution < 1.29 is 4.79 Å². The van der Waals surface area contributed by atoms with Crippen LogP contribution in [0.1, 0.15) is 6.92 Å². The van der Waals surface area contributed by atoms with Gasteiger partial charge in [0.05, 0.1) is 4.88 Å². The van der Waals surface area contributed by atoms with Gasteiger partial charge in [0.1, 0.15) is 6.04 Å². The van der Waals surface area contributed by atoms with Gasteiger partial charge in [0.25, 0.3) is 0 Å². The highest BCUT2D eigenvalue weighted by molar-refractivity contribution is 7.18. The van der Waals surface area contributed by atoms with Crippen molar-refractivity contribution in [2.45, 2.75) is 13.0 Å². The molecule has 5 heteroatoms. The van der Waals surface area contributed by atoms with Crippen LogP contribution in [-0.2, 0) is 4.79 Å². The first-order chi connectivity index (χ1) is 9.08. The smallest absolute Gasteiger partial charge is 0.244 e. The lowest BCUT2D eigenvalue weighted by Crippen LogP contribution is -2.36. The van der Waals surface area contributed by atoms with Crippen molar-refractivity contribution in [1.82, 2.24) is 9.88 Å². The lowest BCUT2D eigenvalue weighted by molar-refractivity contribution is -0.129. The first kappa shape index (κ1) is 13.5. The second-order valence-corrected chi connectivity index (χ2v) is 5.53. The molecule has 0 saturated carbocycles. The van der Waals surface area contributed by atoms with Crippen LogP contribution in [0.25, 0.3) is 10.4 Å². The molecule has 0 radical (unpaired) electrons. The number of nitrogens with zero attached hydrogens (tertiary/aromatic N) is 2. The highest BCUT2D eigenvalue weighted by Crippen LogP contribution is 2.28. The van der Waals surface area contributed by atoms with Gasteiger partial charge in [-0.2, -0.15) is 0 Å². The Labute approximate surface area is 117 Å². The van der Waals surface area contributed by atoms with E-state index in [-0.39, 0.29) is 11.9 Å². The van der Waals surface area contributed by atoms with Crippen LogP contribution in [0.2, 0.25) is 0 Å². The van der Waals surface area contributed by atoms with Gasteiger partial charge in [0.2, 0.25) is 5.91 Å². The zero-order valence-electron chi connectivity index (χ0n) is 11.3. The molecule has 1 amide bonds. The Kier molecular flexibility index (Phi) is 4.16. The van der Waals surface area contributed by atoms with E-state index in [0.717, 1.165) is 15.6 Å². The topological polar surface area (TPSA) is 45.2 Å². The molecule has 1 aromatic heterocycles. The van der Waals surface area contributed by atoms with Crippen molar-refractivity contribution in [3.63, 3.8) is 0 Å². The Hall–Kier alpha value is -1.88. The number of hydrogen-bond donors (Lipinski definition) is 1. The molecule has 19 heavy (non-hydrogen) atoms. The average molecular weight is 275 g/mol. The van der Waals surface area contributed by atoms with Gasteiger partial charge >= 0.3 is 0 Å². The van der Waals surface area contributed by atoms with E-state index in [4.69, 9.17) is 0 Å². The number of likely N-dealkylation sites (N-methyl/N-ethyl adjacent to an activating group) is 1. The lowest BCUT2D eigenvalue weighted by Gasteiger charge is -2.17. The molecule has 0 bridgehead atoms. The molecule has 0 spiro atoms. The zero-order chi connectivity index (χ0) is 13.8. The Morgan fingerprint density at radius 2 is 2.00 bits per heavy atom. The highest BCUT2D eigenvalue weighted by Gasteiger charge is 2.16. The van der Waals surface area contributed by atoms with Crippen molar-refractivity contribution in [3.8, 4) is 10.4 Å². The number of benzene rings is 1. The summed E-state index contributed by atoms with van der Waals surface area (Å²) in [6, 6.07) is 9.81. The number of rotatable bonds is 4. The summed E-state index contributed by atoms with van der Waals surface area (Å²) in [6.45, 7) is 1.84. The molecule has 2 aromatic rings. The number of aromatic nitrogens is 1. The van der Waals surface area contributed by atoms with Crippen molar-refractivity contribution >= 4 is 22.4 Å². The maximum absolute atomic E-state index is 11.8. The van der Waals surface area contributed by atoms with Gasteiger partial charge in [-0.1, -0.05) is 41.7 Å². The molecular formula is C14H17N3OS. The molecule has 1 N–H and O–H groups in total. The third-order valence-corrected chi connectivity index (χ3v) is 3.69. The molecule has 0 unspecified atom stereocenters. The van der Waals surface area contributed by atoms with Crippen LogP contribution < -0.4 is 5.32 Å². The van der Waals surface area contributed by atoms with Crippen LogP contribution >= 0.6 is 11.3 Å². The summed E-state index contributed by atoms with van der Waals surface area (Å²) in [7, 11) is 3.50. The molecule has 1 aromatic carbocycles. The van der Waals surface area contributed by atoms with E-state index in [1.807, 2.05) is 43.5 Å². The number of anilines is 1. The quantitative estimate of drug-likeness (QED) is 0.933. The minimum atomic E-state index is -0.273. The van der Waals surface area contributed by atoms with Crippen LogP contribution in [0.4, 0.5) is 5.13 Å². The third-order valence-electron chi connectivity index (χ3n) is 2.72. The normalized spacial score (nSPS) is 11.9. The summed E-state index contributed by atoms with van der Waals surface area (Å²) in [5, 5.41) is 3.89. The first-order valence-corrected chi connectivity index (χ1v) is 6.88.